The zero-order valence-electron chi connectivity index (χ0n) is 10.4. The van der Waals surface area contributed by atoms with E-state index in [1.165, 1.54) is 0 Å². The lowest BCUT2D eigenvalue weighted by Gasteiger charge is -2.10. The van der Waals surface area contributed by atoms with Crippen LogP contribution in [0.3, 0.4) is 0 Å². The summed E-state index contributed by atoms with van der Waals surface area (Å²) in [6, 6.07) is 1.74. The summed E-state index contributed by atoms with van der Waals surface area (Å²) in [4.78, 5) is 12.2. The van der Waals surface area contributed by atoms with Crippen LogP contribution in [0.25, 0.3) is 0 Å². The second kappa shape index (κ2) is 5.55. The molecule has 18 heavy (non-hydrogen) atoms. The molecule has 0 saturated carbocycles. The summed E-state index contributed by atoms with van der Waals surface area (Å²) in [5.74, 6) is 0.984. The SMILES string of the molecule is CCOc1cncc(C(O)c2ncc(C)cn2)c1. The van der Waals surface area contributed by atoms with Gasteiger partial charge in [0.1, 0.15) is 11.9 Å². The van der Waals surface area contributed by atoms with Gasteiger partial charge in [-0.1, -0.05) is 0 Å². The van der Waals surface area contributed by atoms with Gasteiger partial charge in [0.2, 0.25) is 0 Å². The third-order valence-corrected chi connectivity index (χ3v) is 2.41. The molecule has 0 saturated heterocycles. The Morgan fingerprint density at radius 1 is 1.22 bits per heavy atom. The molecule has 0 fully saturated rings. The Morgan fingerprint density at radius 3 is 2.61 bits per heavy atom. The lowest BCUT2D eigenvalue weighted by atomic mass is 10.1. The minimum atomic E-state index is -0.890. The van der Waals surface area contributed by atoms with Crippen molar-refractivity contribution in [2.45, 2.75) is 20.0 Å². The maximum absolute atomic E-state index is 10.2. The van der Waals surface area contributed by atoms with Gasteiger partial charge in [0.05, 0.1) is 12.8 Å². The largest absolute Gasteiger partial charge is 0.492 e. The summed E-state index contributed by atoms with van der Waals surface area (Å²) in [7, 11) is 0. The fraction of sp³-hybridized carbons (Fsp3) is 0.308. The fourth-order valence-corrected chi connectivity index (χ4v) is 1.52. The van der Waals surface area contributed by atoms with Gasteiger partial charge in [-0.05, 0) is 25.5 Å². The molecule has 5 heteroatoms. The van der Waals surface area contributed by atoms with Gasteiger partial charge in [-0.25, -0.2) is 9.97 Å². The van der Waals surface area contributed by atoms with E-state index in [1.54, 1.807) is 30.9 Å². The number of aliphatic hydroxyl groups is 1. The van der Waals surface area contributed by atoms with Crippen LogP contribution < -0.4 is 4.74 Å². The molecule has 0 bridgehead atoms. The zero-order valence-corrected chi connectivity index (χ0v) is 10.4. The fourth-order valence-electron chi connectivity index (χ4n) is 1.52. The van der Waals surface area contributed by atoms with Gasteiger partial charge < -0.3 is 9.84 Å². The van der Waals surface area contributed by atoms with Crippen molar-refractivity contribution in [1.82, 2.24) is 15.0 Å². The van der Waals surface area contributed by atoms with Crippen LogP contribution >= 0.6 is 0 Å². The topological polar surface area (TPSA) is 68.1 Å². The third kappa shape index (κ3) is 2.81. The van der Waals surface area contributed by atoms with Crippen LogP contribution in [0.1, 0.15) is 30.0 Å². The standard InChI is InChI=1S/C13H15N3O2/c1-3-18-11-4-10(7-14-8-11)12(17)13-15-5-9(2)6-16-13/h4-8,12,17H,3H2,1-2H3. The normalized spacial score (nSPS) is 12.2. The van der Waals surface area contributed by atoms with Crippen LogP contribution in [0.4, 0.5) is 0 Å². The highest BCUT2D eigenvalue weighted by atomic mass is 16.5. The summed E-state index contributed by atoms with van der Waals surface area (Å²) >= 11 is 0. The van der Waals surface area contributed by atoms with E-state index in [0.717, 1.165) is 5.56 Å². The summed E-state index contributed by atoms with van der Waals surface area (Å²) < 4.78 is 5.34. The lowest BCUT2D eigenvalue weighted by molar-refractivity contribution is 0.208. The van der Waals surface area contributed by atoms with Crippen LogP contribution in [0.15, 0.2) is 30.9 Å². The van der Waals surface area contributed by atoms with E-state index in [1.807, 2.05) is 13.8 Å². The molecule has 1 N–H and O–H groups in total. The van der Waals surface area contributed by atoms with Crippen molar-refractivity contribution in [2.24, 2.45) is 0 Å². The van der Waals surface area contributed by atoms with Crippen LogP contribution in [-0.2, 0) is 0 Å². The van der Waals surface area contributed by atoms with Gasteiger partial charge >= 0.3 is 0 Å². The molecular formula is C13H15N3O2. The first-order valence-corrected chi connectivity index (χ1v) is 5.75. The summed E-state index contributed by atoms with van der Waals surface area (Å²) in [6.07, 6.45) is 5.64. The molecule has 2 rings (SSSR count). The van der Waals surface area contributed by atoms with Crippen LogP contribution in [0.2, 0.25) is 0 Å². The van der Waals surface area contributed by atoms with Gasteiger partial charge in [0.15, 0.2) is 5.82 Å². The van der Waals surface area contributed by atoms with E-state index in [9.17, 15) is 5.11 Å². The average Bonchev–Trinajstić information content (AvgIpc) is 2.39. The van der Waals surface area contributed by atoms with E-state index in [0.29, 0.717) is 23.7 Å². The van der Waals surface area contributed by atoms with Gasteiger partial charge in [0.25, 0.3) is 0 Å². The number of aliphatic hydroxyl groups excluding tert-OH is 1. The van der Waals surface area contributed by atoms with Crippen molar-refractivity contribution in [3.63, 3.8) is 0 Å². The predicted octanol–water partition coefficient (Wildman–Crippen LogP) is 1.66. The highest BCUT2D eigenvalue weighted by Crippen LogP contribution is 2.21. The number of ether oxygens (including phenoxy) is 1. The number of aromatic nitrogens is 3. The lowest BCUT2D eigenvalue weighted by Crippen LogP contribution is -2.06. The van der Waals surface area contributed by atoms with Crippen molar-refractivity contribution in [2.75, 3.05) is 6.61 Å². The van der Waals surface area contributed by atoms with Crippen molar-refractivity contribution in [1.29, 1.82) is 0 Å². The van der Waals surface area contributed by atoms with Crippen LogP contribution in [-0.4, -0.2) is 26.7 Å². The number of nitrogens with zero attached hydrogens (tertiary/aromatic N) is 3. The molecule has 0 spiro atoms. The quantitative estimate of drug-likeness (QED) is 0.887. The van der Waals surface area contributed by atoms with Crippen molar-refractivity contribution in [3.05, 3.63) is 47.8 Å². The molecule has 1 atom stereocenters. The van der Waals surface area contributed by atoms with Crippen molar-refractivity contribution >= 4 is 0 Å². The summed E-state index contributed by atoms with van der Waals surface area (Å²) in [5, 5.41) is 10.2. The smallest absolute Gasteiger partial charge is 0.161 e. The van der Waals surface area contributed by atoms with Crippen LogP contribution in [0.5, 0.6) is 5.75 Å². The molecule has 0 radical (unpaired) electrons. The molecule has 94 valence electrons. The zero-order chi connectivity index (χ0) is 13.0. The molecule has 0 aliphatic heterocycles. The number of aryl methyl sites for hydroxylation is 1. The first-order chi connectivity index (χ1) is 8.70. The minimum Gasteiger partial charge on any atom is -0.492 e. The molecule has 0 aromatic carbocycles. The Bertz CT molecular complexity index is 514. The highest BCUT2D eigenvalue weighted by Gasteiger charge is 2.14. The van der Waals surface area contributed by atoms with Crippen molar-refractivity contribution < 1.29 is 9.84 Å². The molecule has 0 amide bonds. The Labute approximate surface area is 106 Å². The van der Waals surface area contributed by atoms with E-state index < -0.39 is 6.10 Å². The van der Waals surface area contributed by atoms with Gasteiger partial charge in [0, 0.05) is 24.2 Å². The second-order valence-corrected chi connectivity index (χ2v) is 3.91. The number of hydrogen-bond acceptors (Lipinski definition) is 5. The highest BCUT2D eigenvalue weighted by molar-refractivity contribution is 5.28. The Balaban J connectivity index is 2.24. The van der Waals surface area contributed by atoms with Gasteiger partial charge in [-0.2, -0.15) is 0 Å². The first-order valence-electron chi connectivity index (χ1n) is 5.75. The molecule has 0 aliphatic carbocycles. The van der Waals surface area contributed by atoms with Crippen molar-refractivity contribution in [3.8, 4) is 5.75 Å². The van der Waals surface area contributed by atoms with E-state index in [4.69, 9.17) is 4.74 Å². The molecule has 5 nitrogen and oxygen atoms in total. The monoisotopic (exact) mass is 245 g/mol. The minimum absolute atomic E-state index is 0.357. The van der Waals surface area contributed by atoms with Gasteiger partial charge in [-0.3, -0.25) is 4.98 Å². The van der Waals surface area contributed by atoms with E-state index in [2.05, 4.69) is 15.0 Å². The average molecular weight is 245 g/mol. The molecule has 2 aromatic rings. The number of pyridine rings is 1. The second-order valence-electron chi connectivity index (χ2n) is 3.91. The maximum atomic E-state index is 10.2. The van der Waals surface area contributed by atoms with Crippen LogP contribution in [0, 0.1) is 6.92 Å². The third-order valence-electron chi connectivity index (χ3n) is 2.41. The number of rotatable bonds is 4. The van der Waals surface area contributed by atoms with E-state index >= 15 is 0 Å². The Kier molecular flexibility index (Phi) is 3.84. The Morgan fingerprint density at radius 2 is 1.94 bits per heavy atom. The maximum Gasteiger partial charge on any atom is 0.161 e. The first kappa shape index (κ1) is 12.4. The predicted molar refractivity (Wildman–Crippen MR) is 66.2 cm³/mol. The van der Waals surface area contributed by atoms with E-state index in [-0.39, 0.29) is 0 Å². The molecule has 1 unspecified atom stereocenters. The Hall–Kier alpha value is -2.01. The molecule has 2 aromatic heterocycles. The van der Waals surface area contributed by atoms with Gasteiger partial charge in [-0.15, -0.1) is 0 Å². The molecule has 2 heterocycles. The summed E-state index contributed by atoms with van der Waals surface area (Å²) in [5.41, 5.74) is 1.57. The molecular weight excluding hydrogens is 230 g/mol. The number of hydrogen-bond donors (Lipinski definition) is 1. The molecule has 0 aliphatic rings. The summed E-state index contributed by atoms with van der Waals surface area (Å²) in [6.45, 7) is 4.35.